The third-order valence-corrected chi connectivity index (χ3v) is 3.13. The first-order chi connectivity index (χ1) is 8.77. The van der Waals surface area contributed by atoms with E-state index in [9.17, 15) is 4.79 Å². The Morgan fingerprint density at radius 3 is 2.61 bits per heavy atom. The van der Waals surface area contributed by atoms with Crippen LogP contribution in [0.2, 0.25) is 0 Å². The fourth-order valence-corrected chi connectivity index (χ4v) is 2.06. The van der Waals surface area contributed by atoms with Gasteiger partial charge in [0.05, 0.1) is 12.2 Å². The lowest BCUT2D eigenvalue weighted by Gasteiger charge is -2.12. The molecule has 1 aliphatic carbocycles. The highest BCUT2D eigenvalue weighted by molar-refractivity contribution is 5.89. The van der Waals surface area contributed by atoms with Crippen molar-refractivity contribution in [3.63, 3.8) is 0 Å². The highest BCUT2D eigenvalue weighted by Crippen LogP contribution is 2.20. The molecule has 1 aromatic carbocycles. The largest absolute Gasteiger partial charge is 0.462 e. The van der Waals surface area contributed by atoms with Crippen LogP contribution in [0.15, 0.2) is 53.6 Å². The molecule has 0 saturated heterocycles. The number of rotatable bonds is 4. The second kappa shape index (κ2) is 6.20. The van der Waals surface area contributed by atoms with Gasteiger partial charge in [0, 0.05) is 6.42 Å². The number of ether oxygens (including phenoxy) is 1. The Morgan fingerprint density at radius 1 is 1.17 bits per heavy atom. The predicted octanol–water partition coefficient (Wildman–Crippen LogP) is 3.90. The maximum atomic E-state index is 11.7. The van der Waals surface area contributed by atoms with E-state index >= 15 is 0 Å². The first kappa shape index (κ1) is 12.6. The zero-order chi connectivity index (χ0) is 12.8. The van der Waals surface area contributed by atoms with Crippen LogP contribution in [0.3, 0.4) is 0 Å². The van der Waals surface area contributed by atoms with Gasteiger partial charge in [0.25, 0.3) is 0 Å². The molecule has 0 unspecified atom stereocenters. The van der Waals surface area contributed by atoms with Gasteiger partial charge in [0.1, 0.15) is 0 Å². The SMILES string of the molecule is CC1=CCCC=C1CCOC(=O)c1ccccc1. The van der Waals surface area contributed by atoms with E-state index < -0.39 is 0 Å². The Morgan fingerprint density at radius 2 is 1.89 bits per heavy atom. The van der Waals surface area contributed by atoms with Gasteiger partial charge in [-0.2, -0.15) is 0 Å². The van der Waals surface area contributed by atoms with Crippen LogP contribution in [0, 0.1) is 0 Å². The topological polar surface area (TPSA) is 26.3 Å². The lowest BCUT2D eigenvalue weighted by molar-refractivity contribution is 0.0509. The van der Waals surface area contributed by atoms with Crippen molar-refractivity contribution in [1.29, 1.82) is 0 Å². The lowest BCUT2D eigenvalue weighted by atomic mass is 9.97. The summed E-state index contributed by atoms with van der Waals surface area (Å²) in [6.45, 7) is 2.56. The maximum absolute atomic E-state index is 11.7. The second-order valence-corrected chi connectivity index (χ2v) is 4.45. The highest BCUT2D eigenvalue weighted by Gasteiger charge is 2.08. The van der Waals surface area contributed by atoms with Gasteiger partial charge < -0.3 is 4.74 Å². The minimum absolute atomic E-state index is 0.242. The zero-order valence-electron chi connectivity index (χ0n) is 10.7. The van der Waals surface area contributed by atoms with Crippen molar-refractivity contribution in [2.45, 2.75) is 26.2 Å². The van der Waals surface area contributed by atoms with Crippen LogP contribution >= 0.6 is 0 Å². The summed E-state index contributed by atoms with van der Waals surface area (Å²) in [5.74, 6) is -0.242. The van der Waals surface area contributed by atoms with E-state index in [1.165, 1.54) is 11.1 Å². The van der Waals surface area contributed by atoms with Gasteiger partial charge in [0.2, 0.25) is 0 Å². The molecular formula is C16H18O2. The summed E-state index contributed by atoms with van der Waals surface area (Å²) in [4.78, 5) is 11.7. The number of hydrogen-bond donors (Lipinski definition) is 0. The second-order valence-electron chi connectivity index (χ2n) is 4.45. The van der Waals surface area contributed by atoms with Crippen molar-refractivity contribution in [2.75, 3.05) is 6.61 Å². The van der Waals surface area contributed by atoms with E-state index in [4.69, 9.17) is 4.74 Å². The van der Waals surface area contributed by atoms with Crippen molar-refractivity contribution in [1.82, 2.24) is 0 Å². The molecule has 0 aromatic heterocycles. The Kier molecular flexibility index (Phi) is 4.35. The molecule has 0 aliphatic heterocycles. The molecule has 0 spiro atoms. The first-order valence-electron chi connectivity index (χ1n) is 6.36. The molecule has 18 heavy (non-hydrogen) atoms. The van der Waals surface area contributed by atoms with Crippen LogP contribution in [0.25, 0.3) is 0 Å². The van der Waals surface area contributed by atoms with Gasteiger partial charge in [-0.05, 0) is 37.5 Å². The van der Waals surface area contributed by atoms with Crippen LogP contribution in [0.1, 0.15) is 36.5 Å². The average Bonchev–Trinajstić information content (AvgIpc) is 2.42. The third kappa shape index (κ3) is 3.33. The molecule has 1 aliphatic rings. The molecule has 0 amide bonds. The van der Waals surface area contributed by atoms with E-state index in [2.05, 4.69) is 19.1 Å². The van der Waals surface area contributed by atoms with E-state index in [1.54, 1.807) is 12.1 Å². The molecule has 0 bridgehead atoms. The molecule has 1 aromatic rings. The number of esters is 1. The van der Waals surface area contributed by atoms with Crippen molar-refractivity contribution in [3.8, 4) is 0 Å². The minimum Gasteiger partial charge on any atom is -0.462 e. The Hall–Kier alpha value is -1.83. The molecular weight excluding hydrogens is 224 g/mol. The molecule has 94 valence electrons. The minimum atomic E-state index is -0.242. The smallest absolute Gasteiger partial charge is 0.338 e. The van der Waals surface area contributed by atoms with Crippen LogP contribution in [-0.4, -0.2) is 12.6 Å². The van der Waals surface area contributed by atoms with Crippen molar-refractivity contribution in [2.24, 2.45) is 0 Å². The van der Waals surface area contributed by atoms with E-state index in [0.29, 0.717) is 12.2 Å². The standard InChI is InChI=1S/C16H18O2/c1-13-7-5-6-8-14(13)11-12-18-16(17)15-9-3-2-4-10-15/h2-4,7-10H,5-6,11-12H2,1H3. The van der Waals surface area contributed by atoms with Crippen molar-refractivity contribution < 1.29 is 9.53 Å². The third-order valence-electron chi connectivity index (χ3n) is 3.13. The molecule has 0 radical (unpaired) electrons. The van der Waals surface area contributed by atoms with Gasteiger partial charge in [-0.3, -0.25) is 0 Å². The summed E-state index contributed by atoms with van der Waals surface area (Å²) in [7, 11) is 0. The monoisotopic (exact) mass is 242 g/mol. The van der Waals surface area contributed by atoms with Gasteiger partial charge >= 0.3 is 5.97 Å². The number of carbonyl (C=O) groups is 1. The Labute approximate surface area is 108 Å². The molecule has 0 saturated carbocycles. The fraction of sp³-hybridized carbons (Fsp3) is 0.312. The number of benzene rings is 1. The normalized spacial score (nSPS) is 14.7. The zero-order valence-corrected chi connectivity index (χ0v) is 10.7. The van der Waals surface area contributed by atoms with Gasteiger partial charge in [-0.15, -0.1) is 0 Å². The molecule has 0 heterocycles. The quantitative estimate of drug-likeness (QED) is 0.748. The van der Waals surface area contributed by atoms with E-state index in [-0.39, 0.29) is 5.97 Å². The van der Waals surface area contributed by atoms with Crippen LogP contribution in [-0.2, 0) is 4.74 Å². The van der Waals surface area contributed by atoms with Crippen LogP contribution in [0.5, 0.6) is 0 Å². The van der Waals surface area contributed by atoms with E-state index in [1.807, 2.05) is 18.2 Å². The molecule has 0 N–H and O–H groups in total. The van der Waals surface area contributed by atoms with Gasteiger partial charge in [0.15, 0.2) is 0 Å². The Bertz CT molecular complexity index is 469. The fourth-order valence-electron chi connectivity index (χ4n) is 2.06. The van der Waals surface area contributed by atoms with Crippen molar-refractivity contribution >= 4 is 5.97 Å². The van der Waals surface area contributed by atoms with Crippen LogP contribution < -0.4 is 0 Å². The first-order valence-corrected chi connectivity index (χ1v) is 6.36. The molecule has 0 atom stereocenters. The van der Waals surface area contributed by atoms with E-state index in [0.717, 1.165) is 19.3 Å². The summed E-state index contributed by atoms with van der Waals surface area (Å²) in [6.07, 6.45) is 7.51. The van der Waals surface area contributed by atoms with Gasteiger partial charge in [-0.25, -0.2) is 4.79 Å². The molecule has 0 fully saturated rings. The summed E-state index contributed by atoms with van der Waals surface area (Å²) >= 11 is 0. The number of allylic oxidation sites excluding steroid dienone is 3. The summed E-state index contributed by atoms with van der Waals surface area (Å²) < 4.78 is 5.27. The summed E-state index contributed by atoms with van der Waals surface area (Å²) in [5, 5.41) is 0. The maximum Gasteiger partial charge on any atom is 0.338 e. The Balaban J connectivity index is 1.81. The number of hydrogen-bond acceptors (Lipinski definition) is 2. The predicted molar refractivity (Wildman–Crippen MR) is 72.4 cm³/mol. The highest BCUT2D eigenvalue weighted by atomic mass is 16.5. The van der Waals surface area contributed by atoms with Crippen LogP contribution in [0.4, 0.5) is 0 Å². The number of carbonyl (C=O) groups excluding carboxylic acids is 1. The molecule has 2 rings (SSSR count). The van der Waals surface area contributed by atoms with Crippen molar-refractivity contribution in [3.05, 3.63) is 59.2 Å². The molecule has 2 nitrogen and oxygen atoms in total. The average molecular weight is 242 g/mol. The molecule has 2 heteroatoms. The summed E-state index contributed by atoms with van der Waals surface area (Å²) in [5.41, 5.74) is 3.24. The summed E-state index contributed by atoms with van der Waals surface area (Å²) in [6, 6.07) is 9.11. The lowest BCUT2D eigenvalue weighted by Crippen LogP contribution is -2.07. The van der Waals surface area contributed by atoms with Gasteiger partial charge in [-0.1, -0.05) is 35.9 Å².